The molecular weight excluding hydrogens is 428 g/mol. The molecule has 0 fully saturated rings. The number of aromatic amines is 1. The van der Waals surface area contributed by atoms with Gasteiger partial charge in [-0.15, -0.1) is 0 Å². The van der Waals surface area contributed by atoms with Crippen LogP contribution in [0.15, 0.2) is 65.7 Å². The van der Waals surface area contributed by atoms with Crippen LogP contribution >= 0.6 is 12.2 Å². The first-order valence-corrected chi connectivity index (χ1v) is 11.4. The molecule has 33 heavy (non-hydrogen) atoms. The molecule has 0 amide bonds. The summed E-state index contributed by atoms with van der Waals surface area (Å²) in [5.74, 6) is 0. The van der Waals surface area contributed by atoms with E-state index in [9.17, 15) is 4.79 Å². The first-order chi connectivity index (χ1) is 15.8. The Morgan fingerprint density at radius 3 is 2.55 bits per heavy atom. The molecule has 0 radical (unpaired) electrons. The van der Waals surface area contributed by atoms with Crippen molar-refractivity contribution in [2.24, 2.45) is 0 Å². The average Bonchev–Trinajstić information content (AvgIpc) is 2.79. The normalized spacial score (nSPS) is 10.9. The van der Waals surface area contributed by atoms with Crippen molar-refractivity contribution in [2.75, 3.05) is 5.32 Å². The highest BCUT2D eigenvalue weighted by Gasteiger charge is 2.16. The van der Waals surface area contributed by atoms with Crippen LogP contribution in [0.25, 0.3) is 10.9 Å². The van der Waals surface area contributed by atoms with Crippen LogP contribution < -0.4 is 10.9 Å². The smallest absolute Gasteiger partial charge is 0.253 e. The summed E-state index contributed by atoms with van der Waals surface area (Å²) in [7, 11) is 0. The second-order valence-corrected chi connectivity index (χ2v) is 8.93. The van der Waals surface area contributed by atoms with Crippen molar-refractivity contribution in [3.63, 3.8) is 0 Å². The second kappa shape index (κ2) is 9.55. The Hall–Kier alpha value is -3.51. The summed E-state index contributed by atoms with van der Waals surface area (Å²) in [4.78, 5) is 22.2. The number of aryl methyl sites for hydroxylation is 3. The minimum atomic E-state index is -0.100. The van der Waals surface area contributed by atoms with Gasteiger partial charge in [0.25, 0.3) is 5.56 Å². The summed E-state index contributed by atoms with van der Waals surface area (Å²) in [6.45, 7) is 9.20. The lowest BCUT2D eigenvalue weighted by atomic mass is 10.0. The largest absolute Gasteiger partial charge is 0.340 e. The van der Waals surface area contributed by atoms with Crippen LogP contribution in [0, 0.1) is 27.7 Å². The van der Waals surface area contributed by atoms with Gasteiger partial charge < -0.3 is 15.2 Å². The number of fused-ring (bicyclic) bond motifs is 1. The molecule has 0 saturated heterocycles. The minimum absolute atomic E-state index is 0.100. The number of anilines is 1. The van der Waals surface area contributed by atoms with Gasteiger partial charge in [0.1, 0.15) is 0 Å². The zero-order valence-corrected chi connectivity index (χ0v) is 20.2. The van der Waals surface area contributed by atoms with E-state index in [-0.39, 0.29) is 5.56 Å². The lowest BCUT2D eigenvalue weighted by Crippen LogP contribution is -2.35. The van der Waals surface area contributed by atoms with Crippen LogP contribution in [0.1, 0.15) is 33.4 Å². The average molecular weight is 457 g/mol. The number of hydrogen-bond donors (Lipinski definition) is 2. The van der Waals surface area contributed by atoms with Gasteiger partial charge in [0.05, 0.1) is 6.54 Å². The van der Waals surface area contributed by atoms with Crippen molar-refractivity contribution < 1.29 is 0 Å². The number of rotatable bonds is 5. The summed E-state index contributed by atoms with van der Waals surface area (Å²) in [6.07, 6.45) is 3.57. The van der Waals surface area contributed by atoms with Crippen LogP contribution in [0.4, 0.5) is 5.69 Å². The van der Waals surface area contributed by atoms with Crippen molar-refractivity contribution in [1.82, 2.24) is 14.9 Å². The fourth-order valence-electron chi connectivity index (χ4n) is 3.84. The molecule has 2 heterocycles. The molecule has 0 aliphatic rings. The number of aromatic nitrogens is 2. The van der Waals surface area contributed by atoms with Gasteiger partial charge in [-0.25, -0.2) is 0 Å². The van der Waals surface area contributed by atoms with E-state index in [1.165, 1.54) is 11.1 Å². The quantitative estimate of drug-likeness (QED) is 0.385. The highest BCUT2D eigenvalue weighted by atomic mass is 32.1. The van der Waals surface area contributed by atoms with Crippen LogP contribution in [0.5, 0.6) is 0 Å². The molecule has 2 N–H and O–H groups in total. The van der Waals surface area contributed by atoms with Crippen molar-refractivity contribution in [3.05, 3.63) is 105 Å². The molecule has 168 valence electrons. The maximum atomic E-state index is 12.9. The van der Waals surface area contributed by atoms with E-state index in [0.29, 0.717) is 23.8 Å². The van der Waals surface area contributed by atoms with Crippen LogP contribution in [-0.4, -0.2) is 20.0 Å². The highest BCUT2D eigenvalue weighted by molar-refractivity contribution is 7.80. The zero-order valence-electron chi connectivity index (χ0n) is 19.4. The molecule has 0 aliphatic carbocycles. The van der Waals surface area contributed by atoms with Crippen molar-refractivity contribution in [1.29, 1.82) is 0 Å². The molecule has 2 aromatic heterocycles. The lowest BCUT2D eigenvalue weighted by molar-refractivity contribution is 0.410. The number of pyridine rings is 2. The Morgan fingerprint density at radius 1 is 1.00 bits per heavy atom. The van der Waals surface area contributed by atoms with Gasteiger partial charge in [-0.05, 0) is 103 Å². The van der Waals surface area contributed by atoms with E-state index in [4.69, 9.17) is 12.2 Å². The molecule has 5 nitrogen and oxygen atoms in total. The molecule has 6 heteroatoms. The molecule has 0 spiro atoms. The summed E-state index contributed by atoms with van der Waals surface area (Å²) in [5.41, 5.74) is 8.09. The number of thiocarbonyl (C=S) groups is 1. The monoisotopic (exact) mass is 456 g/mol. The van der Waals surface area contributed by atoms with E-state index >= 15 is 0 Å². The predicted octanol–water partition coefficient (Wildman–Crippen LogP) is 5.56. The van der Waals surface area contributed by atoms with E-state index in [1.54, 1.807) is 6.20 Å². The van der Waals surface area contributed by atoms with Crippen molar-refractivity contribution in [2.45, 2.75) is 40.8 Å². The number of benzene rings is 2. The van der Waals surface area contributed by atoms with Gasteiger partial charge in [0.15, 0.2) is 5.11 Å². The van der Waals surface area contributed by atoms with Crippen LogP contribution in [-0.2, 0) is 13.1 Å². The molecule has 2 aromatic carbocycles. The van der Waals surface area contributed by atoms with E-state index < -0.39 is 0 Å². The van der Waals surface area contributed by atoms with E-state index in [1.807, 2.05) is 54.4 Å². The third-order valence-corrected chi connectivity index (χ3v) is 6.49. The Balaban J connectivity index is 1.68. The van der Waals surface area contributed by atoms with Crippen LogP contribution in [0.2, 0.25) is 0 Å². The van der Waals surface area contributed by atoms with Gasteiger partial charge >= 0.3 is 0 Å². The molecule has 0 atom stereocenters. The van der Waals surface area contributed by atoms with Gasteiger partial charge in [-0.2, -0.15) is 0 Å². The lowest BCUT2D eigenvalue weighted by Gasteiger charge is -2.26. The summed E-state index contributed by atoms with van der Waals surface area (Å²) < 4.78 is 0. The predicted molar refractivity (Wildman–Crippen MR) is 140 cm³/mol. The van der Waals surface area contributed by atoms with Crippen molar-refractivity contribution >= 4 is 33.9 Å². The minimum Gasteiger partial charge on any atom is -0.340 e. The fraction of sp³-hybridized carbons (Fsp3) is 0.222. The van der Waals surface area contributed by atoms with Crippen molar-refractivity contribution in [3.8, 4) is 0 Å². The molecule has 0 aliphatic heterocycles. The fourth-order valence-corrected chi connectivity index (χ4v) is 4.08. The summed E-state index contributed by atoms with van der Waals surface area (Å²) in [6, 6.07) is 16.1. The number of hydrogen-bond acceptors (Lipinski definition) is 3. The Kier molecular flexibility index (Phi) is 6.56. The summed E-state index contributed by atoms with van der Waals surface area (Å²) in [5, 5.41) is 4.97. The summed E-state index contributed by atoms with van der Waals surface area (Å²) >= 11 is 5.82. The Morgan fingerprint density at radius 2 is 1.79 bits per heavy atom. The molecule has 0 bridgehead atoms. The zero-order chi connectivity index (χ0) is 23.5. The van der Waals surface area contributed by atoms with Gasteiger partial charge in [-0.1, -0.05) is 18.2 Å². The van der Waals surface area contributed by atoms with Crippen LogP contribution in [0.3, 0.4) is 0 Å². The molecular formula is C27H28N4OS. The number of nitrogens with zero attached hydrogens (tertiary/aromatic N) is 2. The SMILES string of the molecule is Cc1cc2cc(CN(Cc3cccnc3)C(=S)Nc3cccc(C)c3C)c(=O)[nH]c2cc1C. The molecule has 0 saturated carbocycles. The molecule has 4 rings (SSSR count). The van der Waals surface area contributed by atoms with Gasteiger partial charge in [0.2, 0.25) is 0 Å². The first-order valence-electron chi connectivity index (χ1n) is 11.0. The molecule has 0 unspecified atom stereocenters. The maximum absolute atomic E-state index is 12.9. The third-order valence-electron chi connectivity index (χ3n) is 6.13. The molecule has 4 aromatic rings. The second-order valence-electron chi connectivity index (χ2n) is 8.54. The van der Waals surface area contributed by atoms with E-state index in [2.05, 4.69) is 48.2 Å². The van der Waals surface area contributed by atoms with Gasteiger partial charge in [0, 0.05) is 35.7 Å². The topological polar surface area (TPSA) is 61.0 Å². The standard InChI is InChI=1S/C27H28N4OS/c1-17-7-5-9-24(20(17)4)30-27(33)31(15-21-8-6-10-28-14-21)16-23-13-22-11-18(2)19(3)12-25(22)29-26(23)32/h5-14H,15-16H2,1-4H3,(H,29,32)(H,30,33). The Bertz CT molecular complexity index is 1380. The Labute approximate surface area is 199 Å². The number of H-pyrrole nitrogens is 1. The highest BCUT2D eigenvalue weighted by Crippen LogP contribution is 2.21. The first kappa shape index (κ1) is 22.7. The maximum Gasteiger partial charge on any atom is 0.253 e. The van der Waals surface area contributed by atoms with E-state index in [0.717, 1.165) is 33.3 Å². The van der Waals surface area contributed by atoms with Gasteiger partial charge in [-0.3, -0.25) is 9.78 Å². The number of nitrogens with one attached hydrogen (secondary N) is 2. The third kappa shape index (κ3) is 5.12.